The summed E-state index contributed by atoms with van der Waals surface area (Å²) in [7, 11) is 0. The molecule has 98 valence electrons. The van der Waals surface area contributed by atoms with Crippen LogP contribution in [-0.4, -0.2) is 28.9 Å². The van der Waals surface area contributed by atoms with E-state index in [2.05, 4.69) is 18.8 Å². The van der Waals surface area contributed by atoms with Gasteiger partial charge in [-0.1, -0.05) is 20.3 Å². The van der Waals surface area contributed by atoms with E-state index in [1.54, 1.807) is 18.3 Å². The summed E-state index contributed by atoms with van der Waals surface area (Å²) in [6.07, 6.45) is 4.92. The largest absolute Gasteiger partial charge is 0.384 e. The molecule has 0 saturated carbocycles. The lowest BCUT2D eigenvalue weighted by Gasteiger charge is -2.38. The van der Waals surface area contributed by atoms with E-state index < -0.39 is 0 Å². The van der Waals surface area contributed by atoms with Crippen molar-refractivity contribution in [1.82, 2.24) is 9.88 Å². The molecule has 1 saturated heterocycles. The van der Waals surface area contributed by atoms with Gasteiger partial charge in [-0.2, -0.15) is 0 Å². The standard InChI is InChI=1S/C14H21N3O/c1-3-14(2)5-8-17(9-6-14)13(18)11-4-7-16-12(15)10-11/h4,7,10H,3,5-6,8-9H2,1-2H3,(H2,15,16). The van der Waals surface area contributed by atoms with E-state index in [0.717, 1.165) is 25.9 Å². The molecule has 2 heterocycles. The summed E-state index contributed by atoms with van der Waals surface area (Å²) in [6.45, 7) is 6.21. The fourth-order valence-electron chi connectivity index (χ4n) is 2.37. The second-order valence-corrected chi connectivity index (χ2v) is 5.43. The summed E-state index contributed by atoms with van der Waals surface area (Å²) < 4.78 is 0. The van der Waals surface area contributed by atoms with Crippen molar-refractivity contribution in [3.05, 3.63) is 23.9 Å². The van der Waals surface area contributed by atoms with Crippen LogP contribution in [0.3, 0.4) is 0 Å². The van der Waals surface area contributed by atoms with Crippen LogP contribution in [0, 0.1) is 5.41 Å². The molecule has 2 N–H and O–H groups in total. The Kier molecular flexibility index (Phi) is 3.55. The number of anilines is 1. The van der Waals surface area contributed by atoms with Gasteiger partial charge in [-0.15, -0.1) is 0 Å². The maximum Gasteiger partial charge on any atom is 0.254 e. The molecule has 0 aliphatic carbocycles. The van der Waals surface area contributed by atoms with Crippen LogP contribution in [0.2, 0.25) is 0 Å². The normalized spacial score (nSPS) is 18.7. The Morgan fingerprint density at radius 1 is 1.50 bits per heavy atom. The van der Waals surface area contributed by atoms with E-state index in [9.17, 15) is 4.79 Å². The second-order valence-electron chi connectivity index (χ2n) is 5.43. The van der Waals surface area contributed by atoms with Crippen LogP contribution in [0.15, 0.2) is 18.3 Å². The second kappa shape index (κ2) is 4.96. The Labute approximate surface area is 108 Å². The van der Waals surface area contributed by atoms with Gasteiger partial charge in [0.15, 0.2) is 0 Å². The number of nitrogen functional groups attached to an aromatic ring is 1. The number of hydrogen-bond acceptors (Lipinski definition) is 3. The summed E-state index contributed by atoms with van der Waals surface area (Å²) in [6, 6.07) is 3.38. The number of hydrogen-bond donors (Lipinski definition) is 1. The van der Waals surface area contributed by atoms with Crippen LogP contribution in [-0.2, 0) is 0 Å². The van der Waals surface area contributed by atoms with Crippen molar-refractivity contribution in [2.75, 3.05) is 18.8 Å². The lowest BCUT2D eigenvalue weighted by Crippen LogP contribution is -2.41. The smallest absolute Gasteiger partial charge is 0.254 e. The van der Waals surface area contributed by atoms with E-state index >= 15 is 0 Å². The fraction of sp³-hybridized carbons (Fsp3) is 0.571. The highest BCUT2D eigenvalue weighted by molar-refractivity contribution is 5.94. The minimum Gasteiger partial charge on any atom is -0.384 e. The lowest BCUT2D eigenvalue weighted by molar-refractivity contribution is 0.0600. The number of likely N-dealkylation sites (tertiary alicyclic amines) is 1. The topological polar surface area (TPSA) is 59.2 Å². The molecule has 0 radical (unpaired) electrons. The molecule has 0 bridgehead atoms. The van der Waals surface area contributed by atoms with Crippen LogP contribution in [0.25, 0.3) is 0 Å². The first kappa shape index (κ1) is 12.9. The molecule has 1 aromatic rings. The first-order chi connectivity index (χ1) is 8.54. The highest BCUT2D eigenvalue weighted by Gasteiger charge is 2.30. The van der Waals surface area contributed by atoms with Crippen LogP contribution < -0.4 is 5.73 Å². The minimum atomic E-state index is 0.0715. The predicted octanol–water partition coefficient (Wildman–Crippen LogP) is 2.32. The number of pyridine rings is 1. The molecule has 0 aromatic carbocycles. The van der Waals surface area contributed by atoms with Crippen molar-refractivity contribution in [3.63, 3.8) is 0 Å². The van der Waals surface area contributed by atoms with Crippen molar-refractivity contribution < 1.29 is 4.79 Å². The number of nitrogens with two attached hydrogens (primary N) is 1. The van der Waals surface area contributed by atoms with E-state index in [1.807, 2.05) is 4.90 Å². The van der Waals surface area contributed by atoms with E-state index in [1.165, 1.54) is 6.42 Å². The third-order valence-electron chi connectivity index (χ3n) is 4.14. The third kappa shape index (κ3) is 2.63. The summed E-state index contributed by atoms with van der Waals surface area (Å²) in [4.78, 5) is 18.1. The average molecular weight is 247 g/mol. The zero-order chi connectivity index (χ0) is 13.2. The quantitative estimate of drug-likeness (QED) is 0.872. The number of aromatic nitrogens is 1. The molecule has 1 fully saturated rings. The zero-order valence-electron chi connectivity index (χ0n) is 11.1. The highest BCUT2D eigenvalue weighted by Crippen LogP contribution is 2.34. The third-order valence-corrected chi connectivity index (χ3v) is 4.14. The molecule has 18 heavy (non-hydrogen) atoms. The zero-order valence-corrected chi connectivity index (χ0v) is 11.1. The fourth-order valence-corrected chi connectivity index (χ4v) is 2.37. The molecule has 0 unspecified atom stereocenters. The monoisotopic (exact) mass is 247 g/mol. The molecular weight excluding hydrogens is 226 g/mol. The molecule has 4 nitrogen and oxygen atoms in total. The van der Waals surface area contributed by atoms with Gasteiger partial charge < -0.3 is 10.6 Å². The highest BCUT2D eigenvalue weighted by atomic mass is 16.2. The molecule has 0 spiro atoms. The summed E-state index contributed by atoms with van der Waals surface area (Å²) >= 11 is 0. The Morgan fingerprint density at radius 2 is 2.17 bits per heavy atom. The Hall–Kier alpha value is -1.58. The van der Waals surface area contributed by atoms with Crippen molar-refractivity contribution in [1.29, 1.82) is 0 Å². The average Bonchev–Trinajstić information content (AvgIpc) is 2.39. The van der Waals surface area contributed by atoms with Crippen LogP contribution in [0.1, 0.15) is 43.5 Å². The van der Waals surface area contributed by atoms with Crippen LogP contribution in [0.5, 0.6) is 0 Å². The first-order valence-electron chi connectivity index (χ1n) is 6.55. The van der Waals surface area contributed by atoms with Crippen LogP contribution in [0.4, 0.5) is 5.82 Å². The van der Waals surface area contributed by atoms with Gasteiger partial charge in [-0.25, -0.2) is 4.98 Å². The maximum absolute atomic E-state index is 12.3. The van der Waals surface area contributed by atoms with E-state index in [-0.39, 0.29) is 5.91 Å². The molecule has 1 aromatic heterocycles. The Balaban J connectivity index is 2.04. The van der Waals surface area contributed by atoms with Gasteiger partial charge >= 0.3 is 0 Å². The van der Waals surface area contributed by atoms with E-state index in [4.69, 9.17) is 5.73 Å². The maximum atomic E-state index is 12.3. The SMILES string of the molecule is CCC1(C)CCN(C(=O)c2ccnc(N)c2)CC1. The molecule has 2 rings (SSSR count). The molecule has 0 atom stereocenters. The predicted molar refractivity (Wildman–Crippen MR) is 72.2 cm³/mol. The number of carbonyl (C=O) groups excluding carboxylic acids is 1. The minimum absolute atomic E-state index is 0.0715. The summed E-state index contributed by atoms with van der Waals surface area (Å²) in [5.41, 5.74) is 6.65. The van der Waals surface area contributed by atoms with Gasteiger partial charge in [0, 0.05) is 24.8 Å². The molecule has 1 amide bonds. The number of amides is 1. The molecule has 1 aliphatic rings. The Bertz CT molecular complexity index is 436. The summed E-state index contributed by atoms with van der Waals surface area (Å²) in [5.74, 6) is 0.471. The van der Waals surface area contributed by atoms with Gasteiger partial charge in [0.1, 0.15) is 5.82 Å². The number of rotatable bonds is 2. The number of nitrogens with zero attached hydrogens (tertiary/aromatic N) is 2. The van der Waals surface area contributed by atoms with Gasteiger partial charge in [0.05, 0.1) is 0 Å². The summed E-state index contributed by atoms with van der Waals surface area (Å²) in [5, 5.41) is 0. The van der Waals surface area contributed by atoms with Gasteiger partial charge in [0.25, 0.3) is 5.91 Å². The van der Waals surface area contributed by atoms with Gasteiger partial charge in [-0.3, -0.25) is 4.79 Å². The first-order valence-corrected chi connectivity index (χ1v) is 6.55. The van der Waals surface area contributed by atoms with Gasteiger partial charge in [0.2, 0.25) is 0 Å². The Morgan fingerprint density at radius 3 is 2.72 bits per heavy atom. The molecule has 4 heteroatoms. The van der Waals surface area contributed by atoms with Crippen molar-refractivity contribution >= 4 is 11.7 Å². The molecule has 1 aliphatic heterocycles. The van der Waals surface area contributed by atoms with Crippen molar-refractivity contribution in [2.45, 2.75) is 33.1 Å². The van der Waals surface area contributed by atoms with Gasteiger partial charge in [-0.05, 0) is 30.4 Å². The van der Waals surface area contributed by atoms with E-state index in [0.29, 0.717) is 16.8 Å². The van der Waals surface area contributed by atoms with Crippen LogP contribution >= 0.6 is 0 Å². The number of piperidine rings is 1. The lowest BCUT2D eigenvalue weighted by atomic mass is 9.78. The number of carbonyl (C=O) groups is 1. The molecular formula is C14H21N3O. The van der Waals surface area contributed by atoms with Crippen molar-refractivity contribution in [2.24, 2.45) is 5.41 Å². The van der Waals surface area contributed by atoms with Crippen molar-refractivity contribution in [3.8, 4) is 0 Å².